The lowest BCUT2D eigenvalue weighted by Crippen LogP contribution is -2.22. The molecule has 2 aromatic rings. The number of hydrogen-bond donors (Lipinski definition) is 2. The Morgan fingerprint density at radius 1 is 1.29 bits per heavy atom. The maximum atomic E-state index is 6.01. The van der Waals surface area contributed by atoms with Crippen LogP contribution in [0.4, 0.5) is 5.69 Å². The smallest absolute Gasteiger partial charge is 0.193 e. The van der Waals surface area contributed by atoms with Gasteiger partial charge in [-0.1, -0.05) is 26.8 Å². The van der Waals surface area contributed by atoms with Gasteiger partial charge in [-0.2, -0.15) is 0 Å². The molecule has 0 spiro atoms. The third kappa shape index (κ3) is 4.69. The molecule has 1 aromatic heterocycles. The third-order valence-electron chi connectivity index (χ3n) is 4.08. The fourth-order valence-electron chi connectivity index (χ4n) is 2.72. The number of thiazole rings is 1. The molecule has 0 saturated heterocycles. The van der Waals surface area contributed by atoms with Crippen molar-refractivity contribution in [1.29, 1.82) is 0 Å². The van der Waals surface area contributed by atoms with Crippen molar-refractivity contribution in [3.05, 3.63) is 45.4 Å². The summed E-state index contributed by atoms with van der Waals surface area (Å²) >= 11 is 1.64. The van der Waals surface area contributed by atoms with E-state index in [2.05, 4.69) is 59.6 Å². The number of aryl methyl sites for hydroxylation is 2. The number of nitrogens with zero attached hydrogens (tertiary/aromatic N) is 2. The van der Waals surface area contributed by atoms with Gasteiger partial charge in [-0.3, -0.25) is 0 Å². The van der Waals surface area contributed by atoms with Gasteiger partial charge >= 0.3 is 0 Å². The lowest BCUT2D eigenvalue weighted by Gasteiger charge is -2.14. The van der Waals surface area contributed by atoms with E-state index in [1.165, 1.54) is 24.0 Å². The summed E-state index contributed by atoms with van der Waals surface area (Å²) in [5.74, 6) is 0.440. The Kier molecular flexibility index (Phi) is 6.25. The Labute approximate surface area is 165 Å². The highest BCUT2D eigenvalue weighted by molar-refractivity contribution is 14.0. The highest BCUT2D eigenvalue weighted by Crippen LogP contribution is 2.25. The van der Waals surface area contributed by atoms with Crippen LogP contribution in [0.2, 0.25) is 0 Å². The Bertz CT molecular complexity index is 731. The van der Waals surface area contributed by atoms with Gasteiger partial charge in [0.15, 0.2) is 5.96 Å². The molecule has 0 atom stereocenters. The molecule has 1 aliphatic carbocycles. The summed E-state index contributed by atoms with van der Waals surface area (Å²) in [5, 5.41) is 6.28. The first-order chi connectivity index (χ1) is 10.9. The number of benzene rings is 1. The van der Waals surface area contributed by atoms with Crippen LogP contribution < -0.4 is 11.1 Å². The van der Waals surface area contributed by atoms with E-state index in [-0.39, 0.29) is 29.4 Å². The van der Waals surface area contributed by atoms with Gasteiger partial charge in [-0.05, 0) is 42.5 Å². The van der Waals surface area contributed by atoms with Crippen LogP contribution in [0.15, 0.2) is 28.6 Å². The molecule has 0 aliphatic heterocycles. The molecule has 3 N–H and O–H groups in total. The number of fused-ring (bicyclic) bond motifs is 1. The number of hydrogen-bond acceptors (Lipinski definition) is 3. The quantitative estimate of drug-likeness (QED) is 0.407. The predicted molar refractivity (Wildman–Crippen MR) is 114 cm³/mol. The summed E-state index contributed by atoms with van der Waals surface area (Å²) in [6, 6.07) is 6.45. The van der Waals surface area contributed by atoms with Crippen LogP contribution in [0.25, 0.3) is 0 Å². The minimum absolute atomic E-state index is 0. The molecule has 0 fully saturated rings. The van der Waals surface area contributed by atoms with Crippen molar-refractivity contribution < 1.29 is 0 Å². The standard InChI is InChI=1S/C18H24N4S.HI/c1-18(2,3)15-11-23-16(22-15)10-20-17(19)21-14-8-7-12-5-4-6-13(12)9-14;/h7-9,11H,4-6,10H2,1-3H3,(H3,19,20,21);1H. The van der Waals surface area contributed by atoms with Crippen LogP contribution in [0, 0.1) is 0 Å². The van der Waals surface area contributed by atoms with Crippen LogP contribution in [0.3, 0.4) is 0 Å². The molecule has 4 nitrogen and oxygen atoms in total. The number of halogens is 1. The number of anilines is 1. The number of nitrogens with two attached hydrogens (primary N) is 1. The highest BCUT2D eigenvalue weighted by atomic mass is 127. The molecule has 3 rings (SSSR count). The predicted octanol–water partition coefficient (Wildman–Crippen LogP) is 4.47. The first-order valence-electron chi connectivity index (χ1n) is 8.05. The SMILES string of the molecule is CC(C)(C)c1csc(CN=C(N)Nc2ccc3c(c2)CCC3)n1.I. The average molecular weight is 456 g/mol. The van der Waals surface area contributed by atoms with Gasteiger partial charge in [0.05, 0.1) is 12.2 Å². The minimum Gasteiger partial charge on any atom is -0.370 e. The summed E-state index contributed by atoms with van der Waals surface area (Å²) in [6.45, 7) is 7.02. The van der Waals surface area contributed by atoms with E-state index in [1.54, 1.807) is 11.3 Å². The van der Waals surface area contributed by atoms with E-state index in [4.69, 9.17) is 5.73 Å². The topological polar surface area (TPSA) is 63.3 Å². The molecule has 0 bridgehead atoms. The maximum Gasteiger partial charge on any atom is 0.193 e. The Balaban J connectivity index is 0.00000208. The van der Waals surface area contributed by atoms with Gasteiger partial charge in [0.25, 0.3) is 0 Å². The van der Waals surface area contributed by atoms with Crippen LogP contribution >= 0.6 is 35.3 Å². The normalized spacial score (nSPS) is 14.2. The van der Waals surface area contributed by atoms with Gasteiger partial charge in [-0.15, -0.1) is 35.3 Å². The number of aliphatic imine (C=N–C) groups is 1. The summed E-state index contributed by atoms with van der Waals surface area (Å²) in [4.78, 5) is 9.05. The molecule has 24 heavy (non-hydrogen) atoms. The molecule has 1 aromatic carbocycles. The summed E-state index contributed by atoms with van der Waals surface area (Å²) < 4.78 is 0. The van der Waals surface area contributed by atoms with Crippen molar-refractivity contribution in [2.45, 2.75) is 52.0 Å². The first-order valence-corrected chi connectivity index (χ1v) is 8.93. The third-order valence-corrected chi connectivity index (χ3v) is 4.91. The van der Waals surface area contributed by atoms with E-state index < -0.39 is 0 Å². The maximum absolute atomic E-state index is 6.01. The van der Waals surface area contributed by atoms with E-state index in [9.17, 15) is 0 Å². The molecule has 130 valence electrons. The van der Waals surface area contributed by atoms with E-state index in [1.807, 2.05) is 0 Å². The zero-order valence-electron chi connectivity index (χ0n) is 14.4. The second kappa shape index (κ2) is 7.82. The average Bonchev–Trinajstić information content (AvgIpc) is 3.13. The highest BCUT2D eigenvalue weighted by Gasteiger charge is 2.17. The van der Waals surface area contributed by atoms with Crippen LogP contribution in [-0.4, -0.2) is 10.9 Å². The number of nitrogens with one attached hydrogen (secondary N) is 1. The Hall–Kier alpha value is -1.15. The van der Waals surface area contributed by atoms with Gasteiger partial charge < -0.3 is 11.1 Å². The second-order valence-corrected chi connectivity index (χ2v) is 7.98. The van der Waals surface area contributed by atoms with Crippen molar-refractivity contribution in [2.24, 2.45) is 10.7 Å². The summed E-state index contributed by atoms with van der Waals surface area (Å²) in [6.07, 6.45) is 3.61. The lowest BCUT2D eigenvalue weighted by molar-refractivity contribution is 0.571. The van der Waals surface area contributed by atoms with Gasteiger partial charge in [0, 0.05) is 16.5 Å². The van der Waals surface area contributed by atoms with Crippen LogP contribution in [0.5, 0.6) is 0 Å². The number of aromatic nitrogens is 1. The fourth-order valence-corrected chi connectivity index (χ4v) is 3.66. The first kappa shape index (κ1) is 19.2. The molecule has 6 heteroatoms. The molecule has 0 unspecified atom stereocenters. The van der Waals surface area contributed by atoms with Crippen molar-refractivity contribution in [3.63, 3.8) is 0 Å². The summed E-state index contributed by atoms with van der Waals surface area (Å²) in [5.41, 5.74) is 11.1. The van der Waals surface area contributed by atoms with E-state index >= 15 is 0 Å². The monoisotopic (exact) mass is 456 g/mol. The Morgan fingerprint density at radius 2 is 2.04 bits per heavy atom. The molecule has 0 radical (unpaired) electrons. The van der Waals surface area contributed by atoms with Crippen molar-refractivity contribution in [3.8, 4) is 0 Å². The van der Waals surface area contributed by atoms with Gasteiger partial charge in [0.1, 0.15) is 5.01 Å². The van der Waals surface area contributed by atoms with E-state index in [0.717, 1.165) is 22.8 Å². The van der Waals surface area contributed by atoms with Gasteiger partial charge in [0.2, 0.25) is 0 Å². The molecule has 0 saturated carbocycles. The molecule has 1 heterocycles. The zero-order valence-corrected chi connectivity index (χ0v) is 17.6. The lowest BCUT2D eigenvalue weighted by atomic mass is 9.93. The molecular formula is C18H25IN4S. The van der Waals surface area contributed by atoms with Gasteiger partial charge in [-0.25, -0.2) is 9.98 Å². The number of rotatable bonds is 3. The number of guanidine groups is 1. The molecular weight excluding hydrogens is 431 g/mol. The van der Waals surface area contributed by atoms with Crippen molar-refractivity contribution >= 4 is 47.0 Å². The largest absolute Gasteiger partial charge is 0.370 e. The van der Waals surface area contributed by atoms with E-state index in [0.29, 0.717) is 12.5 Å². The van der Waals surface area contributed by atoms with Crippen LogP contribution in [-0.2, 0) is 24.8 Å². The Morgan fingerprint density at radius 3 is 2.75 bits per heavy atom. The van der Waals surface area contributed by atoms with Crippen molar-refractivity contribution in [1.82, 2.24) is 4.98 Å². The molecule has 0 amide bonds. The zero-order chi connectivity index (χ0) is 16.4. The molecule has 1 aliphatic rings. The van der Waals surface area contributed by atoms with Crippen LogP contribution in [0.1, 0.15) is 49.0 Å². The second-order valence-electron chi connectivity index (χ2n) is 7.04. The minimum atomic E-state index is 0. The summed E-state index contributed by atoms with van der Waals surface area (Å²) in [7, 11) is 0. The fraction of sp³-hybridized carbons (Fsp3) is 0.444. The van der Waals surface area contributed by atoms with Crippen molar-refractivity contribution in [2.75, 3.05) is 5.32 Å².